The van der Waals surface area contributed by atoms with Crippen molar-refractivity contribution in [2.45, 2.75) is 50.3 Å². The highest BCUT2D eigenvalue weighted by atomic mass is 32.2. The third-order valence-electron chi connectivity index (χ3n) is 5.25. The number of morpholine rings is 1. The van der Waals surface area contributed by atoms with Gasteiger partial charge in [0.15, 0.2) is 0 Å². The number of nitrogens with zero attached hydrogens (tertiary/aromatic N) is 1. The number of piperidine rings is 1. The monoisotopic (exact) mass is 395 g/mol. The maximum absolute atomic E-state index is 12.8. The molecule has 2 heterocycles. The van der Waals surface area contributed by atoms with Gasteiger partial charge in [0.1, 0.15) is 6.04 Å². The lowest BCUT2D eigenvalue weighted by molar-refractivity contribution is -0.129. The summed E-state index contributed by atoms with van der Waals surface area (Å²) in [6.45, 7) is 6.73. The second kappa shape index (κ2) is 8.68. The second-order valence-electron chi connectivity index (χ2n) is 7.48. The first-order valence-electron chi connectivity index (χ1n) is 9.59. The summed E-state index contributed by atoms with van der Waals surface area (Å²) in [5.74, 6) is 0.281. The Hall–Kier alpha value is -1.48. The molecule has 0 aromatic heterocycles. The van der Waals surface area contributed by atoms with Crippen LogP contribution in [0.5, 0.6) is 0 Å². The molecule has 7 nitrogen and oxygen atoms in total. The fourth-order valence-electron chi connectivity index (χ4n) is 3.62. The van der Waals surface area contributed by atoms with Crippen LogP contribution in [0.1, 0.15) is 32.3 Å². The van der Waals surface area contributed by atoms with Crippen LogP contribution in [0.4, 0.5) is 0 Å². The molecule has 2 aliphatic rings. The summed E-state index contributed by atoms with van der Waals surface area (Å²) in [4.78, 5) is 12.6. The van der Waals surface area contributed by atoms with Crippen LogP contribution in [0.2, 0.25) is 0 Å². The molecule has 0 aliphatic carbocycles. The number of benzene rings is 1. The van der Waals surface area contributed by atoms with Crippen LogP contribution in [-0.4, -0.2) is 57.0 Å². The van der Waals surface area contributed by atoms with Crippen LogP contribution in [-0.2, 0) is 26.1 Å². The number of carbonyl (C=O) groups is 1. The maximum atomic E-state index is 12.8. The smallest absolute Gasteiger partial charge is 0.243 e. The average Bonchev–Trinajstić information content (AvgIpc) is 2.67. The van der Waals surface area contributed by atoms with Crippen LogP contribution in [0, 0.1) is 5.92 Å². The number of ether oxygens (including phenoxy) is 1. The van der Waals surface area contributed by atoms with Gasteiger partial charge < -0.3 is 15.4 Å². The average molecular weight is 396 g/mol. The Balaban J connectivity index is 1.59. The molecule has 0 saturated carbocycles. The molecule has 1 unspecified atom stereocenters. The molecule has 0 spiro atoms. The van der Waals surface area contributed by atoms with E-state index in [0.29, 0.717) is 43.6 Å². The molecule has 8 heteroatoms. The molecule has 3 rings (SSSR count). The highest BCUT2D eigenvalue weighted by Gasteiger charge is 2.29. The number of sulfonamides is 1. The van der Waals surface area contributed by atoms with Gasteiger partial charge in [-0.3, -0.25) is 4.79 Å². The van der Waals surface area contributed by atoms with E-state index >= 15 is 0 Å². The van der Waals surface area contributed by atoms with E-state index in [9.17, 15) is 13.2 Å². The fourth-order valence-corrected chi connectivity index (χ4v) is 5.22. The summed E-state index contributed by atoms with van der Waals surface area (Å²) in [6, 6.07) is 6.41. The highest BCUT2D eigenvalue weighted by molar-refractivity contribution is 7.89. The molecular formula is C19H29N3O4S. The topological polar surface area (TPSA) is 87.7 Å². The summed E-state index contributed by atoms with van der Waals surface area (Å²) in [6.07, 6.45) is 1.81. The van der Waals surface area contributed by atoms with E-state index in [1.54, 1.807) is 28.6 Å². The van der Waals surface area contributed by atoms with Crippen LogP contribution in [0.25, 0.3) is 0 Å². The lowest BCUT2D eigenvalue weighted by atomic mass is 10.0. The Morgan fingerprint density at radius 3 is 2.70 bits per heavy atom. The SMILES string of the molecule is CC1CCCN(S(=O)(=O)c2ccc(CNC(=O)[C@H]3NCCO[C@@H]3C)cc2)C1. The Labute approximate surface area is 161 Å². The highest BCUT2D eigenvalue weighted by Crippen LogP contribution is 2.23. The quantitative estimate of drug-likeness (QED) is 0.780. The van der Waals surface area contributed by atoms with Crippen LogP contribution >= 0.6 is 0 Å². The van der Waals surface area contributed by atoms with Crippen molar-refractivity contribution in [2.24, 2.45) is 5.92 Å². The molecule has 1 aromatic rings. The van der Waals surface area contributed by atoms with Crippen LogP contribution in [0.3, 0.4) is 0 Å². The summed E-state index contributed by atoms with van der Waals surface area (Å²) < 4.78 is 32.6. The first-order valence-corrected chi connectivity index (χ1v) is 11.0. The van der Waals surface area contributed by atoms with E-state index in [2.05, 4.69) is 17.6 Å². The number of rotatable bonds is 5. The zero-order valence-electron chi connectivity index (χ0n) is 16.0. The summed E-state index contributed by atoms with van der Waals surface area (Å²) in [7, 11) is -3.45. The Morgan fingerprint density at radius 1 is 1.30 bits per heavy atom. The molecule has 3 atom stereocenters. The summed E-state index contributed by atoms with van der Waals surface area (Å²) in [5, 5.41) is 6.04. The van der Waals surface area contributed by atoms with E-state index < -0.39 is 10.0 Å². The fraction of sp³-hybridized carbons (Fsp3) is 0.632. The van der Waals surface area contributed by atoms with Gasteiger partial charge in [0.2, 0.25) is 15.9 Å². The molecule has 1 amide bonds. The minimum Gasteiger partial charge on any atom is -0.375 e. The Morgan fingerprint density at radius 2 is 2.04 bits per heavy atom. The summed E-state index contributed by atoms with van der Waals surface area (Å²) >= 11 is 0. The van der Waals surface area contributed by atoms with E-state index in [1.807, 2.05) is 6.92 Å². The molecule has 2 saturated heterocycles. The minimum atomic E-state index is -3.45. The van der Waals surface area contributed by atoms with Crippen molar-refractivity contribution in [2.75, 3.05) is 26.2 Å². The summed E-state index contributed by atoms with van der Waals surface area (Å²) in [5.41, 5.74) is 0.860. The largest absolute Gasteiger partial charge is 0.375 e. The maximum Gasteiger partial charge on any atom is 0.243 e. The molecule has 0 radical (unpaired) electrons. The van der Waals surface area contributed by atoms with Crippen molar-refractivity contribution in [3.63, 3.8) is 0 Å². The normalized spacial score (nSPS) is 27.3. The van der Waals surface area contributed by atoms with Crippen molar-refractivity contribution in [1.29, 1.82) is 0 Å². The van der Waals surface area contributed by atoms with Crippen molar-refractivity contribution in [3.05, 3.63) is 29.8 Å². The van der Waals surface area contributed by atoms with Gasteiger partial charge >= 0.3 is 0 Å². The molecule has 150 valence electrons. The zero-order valence-corrected chi connectivity index (χ0v) is 16.8. The van der Waals surface area contributed by atoms with Gasteiger partial charge in [-0.05, 0) is 43.4 Å². The molecule has 2 aliphatic heterocycles. The third kappa shape index (κ3) is 4.87. The molecule has 27 heavy (non-hydrogen) atoms. The lowest BCUT2D eigenvalue weighted by Crippen LogP contribution is -2.55. The minimum absolute atomic E-state index is 0.110. The number of hydrogen-bond acceptors (Lipinski definition) is 5. The third-order valence-corrected chi connectivity index (χ3v) is 7.13. The van der Waals surface area contributed by atoms with Gasteiger partial charge in [-0.25, -0.2) is 8.42 Å². The molecular weight excluding hydrogens is 366 g/mol. The van der Waals surface area contributed by atoms with Crippen molar-refractivity contribution in [1.82, 2.24) is 14.9 Å². The molecule has 2 N–H and O–H groups in total. The zero-order chi connectivity index (χ0) is 19.4. The molecule has 0 bridgehead atoms. The predicted octanol–water partition coefficient (Wildman–Crippen LogP) is 1.10. The van der Waals surface area contributed by atoms with Crippen LogP contribution in [0.15, 0.2) is 29.2 Å². The van der Waals surface area contributed by atoms with Crippen molar-refractivity contribution in [3.8, 4) is 0 Å². The van der Waals surface area contributed by atoms with Gasteiger partial charge in [-0.15, -0.1) is 0 Å². The Bertz CT molecular complexity index is 751. The molecule has 1 aromatic carbocycles. The first-order chi connectivity index (χ1) is 12.9. The number of carbonyl (C=O) groups excluding carboxylic acids is 1. The second-order valence-corrected chi connectivity index (χ2v) is 9.42. The van der Waals surface area contributed by atoms with Crippen molar-refractivity contribution < 1.29 is 17.9 Å². The van der Waals surface area contributed by atoms with Gasteiger partial charge in [-0.2, -0.15) is 4.31 Å². The lowest BCUT2D eigenvalue weighted by Gasteiger charge is -2.30. The van der Waals surface area contributed by atoms with E-state index in [1.165, 1.54) is 0 Å². The van der Waals surface area contributed by atoms with E-state index in [0.717, 1.165) is 18.4 Å². The predicted molar refractivity (Wildman–Crippen MR) is 103 cm³/mol. The van der Waals surface area contributed by atoms with E-state index in [4.69, 9.17) is 4.74 Å². The Kier molecular flexibility index (Phi) is 6.52. The number of hydrogen-bond donors (Lipinski definition) is 2. The van der Waals surface area contributed by atoms with Gasteiger partial charge in [-0.1, -0.05) is 19.1 Å². The molecule has 2 fully saturated rings. The first kappa shape index (κ1) is 20.3. The standard InChI is InChI=1S/C19H29N3O4S/c1-14-4-3-10-22(13-14)27(24,25)17-7-5-16(6-8-17)12-21-19(23)18-15(2)26-11-9-20-18/h5-8,14-15,18,20H,3-4,9-13H2,1-2H3,(H,21,23)/t14?,15-,18+/m1/s1. The van der Waals surface area contributed by atoms with Gasteiger partial charge in [0.25, 0.3) is 0 Å². The number of amides is 1. The number of nitrogens with one attached hydrogen (secondary N) is 2. The van der Waals surface area contributed by atoms with Gasteiger partial charge in [0, 0.05) is 26.2 Å². The van der Waals surface area contributed by atoms with Crippen LogP contribution < -0.4 is 10.6 Å². The van der Waals surface area contributed by atoms with E-state index in [-0.39, 0.29) is 18.1 Å². The van der Waals surface area contributed by atoms with Gasteiger partial charge in [0.05, 0.1) is 17.6 Å². The van der Waals surface area contributed by atoms with Crippen molar-refractivity contribution >= 4 is 15.9 Å².